The second kappa shape index (κ2) is 15.1. The number of aromatic nitrogens is 2. The fourth-order valence-electron chi connectivity index (χ4n) is 3.88. The highest BCUT2D eigenvalue weighted by atomic mass is 35.5. The van der Waals surface area contributed by atoms with Crippen LogP contribution in [0.2, 0.25) is 10.0 Å². The molecule has 3 aromatic rings. The molecule has 2 aromatic carbocycles. The lowest BCUT2D eigenvalue weighted by Gasteiger charge is -2.34. The Kier molecular flexibility index (Phi) is 12.5. The van der Waals surface area contributed by atoms with Gasteiger partial charge in [-0.2, -0.15) is 0 Å². The van der Waals surface area contributed by atoms with E-state index in [9.17, 15) is 14.5 Å². The van der Waals surface area contributed by atoms with Crippen molar-refractivity contribution in [3.63, 3.8) is 0 Å². The van der Waals surface area contributed by atoms with Crippen molar-refractivity contribution in [1.29, 1.82) is 0 Å². The van der Waals surface area contributed by atoms with Gasteiger partial charge < -0.3 is 19.9 Å². The third kappa shape index (κ3) is 11.3. The van der Waals surface area contributed by atoms with Crippen molar-refractivity contribution in [2.75, 3.05) is 6.61 Å². The highest BCUT2D eigenvalue weighted by Crippen LogP contribution is 2.56. The Morgan fingerprint density at radius 2 is 1.59 bits per heavy atom. The molecule has 0 fully saturated rings. The van der Waals surface area contributed by atoms with Crippen LogP contribution in [0.25, 0.3) is 21.1 Å². The van der Waals surface area contributed by atoms with Crippen LogP contribution < -0.4 is 14.8 Å². The van der Waals surface area contributed by atoms with Crippen LogP contribution in [0.4, 0.5) is 9.18 Å². The number of nitrogens with zero attached hydrogens (tertiary/aromatic N) is 2. The number of carboxylic acid groups (broad SMARTS) is 1. The van der Waals surface area contributed by atoms with Gasteiger partial charge in [-0.1, -0.05) is 34.5 Å². The lowest BCUT2D eigenvalue weighted by Crippen LogP contribution is -2.46. The number of hydrogen-bond donors (Lipinski definition) is 2. The van der Waals surface area contributed by atoms with Crippen LogP contribution in [0.5, 0.6) is 11.5 Å². The molecule has 3 rings (SSSR count). The van der Waals surface area contributed by atoms with Gasteiger partial charge in [0.05, 0.1) is 39.5 Å². The number of halogens is 3. The van der Waals surface area contributed by atoms with E-state index in [0.29, 0.717) is 26.4 Å². The number of benzene rings is 2. The van der Waals surface area contributed by atoms with E-state index < -0.39 is 49.7 Å². The number of amides is 1. The first kappa shape index (κ1) is 37.9. The molecule has 0 unspecified atom stereocenters. The van der Waals surface area contributed by atoms with E-state index in [1.165, 1.54) is 24.3 Å². The summed E-state index contributed by atoms with van der Waals surface area (Å²) in [6, 6.07) is 6.52. The summed E-state index contributed by atoms with van der Waals surface area (Å²) in [7, 11) is -4.21. The molecule has 1 heterocycles. The Labute approximate surface area is 282 Å². The predicted molar refractivity (Wildman–Crippen MR) is 177 cm³/mol. The van der Waals surface area contributed by atoms with E-state index in [4.69, 9.17) is 46.2 Å². The Bertz CT molecular complexity index is 1560. The molecular formula is C30H39Cl2FN3O8PS. The minimum Gasteiger partial charge on any atom is -0.489 e. The van der Waals surface area contributed by atoms with E-state index in [0.717, 1.165) is 6.07 Å². The number of ether oxygens (including phenoxy) is 2. The largest absolute Gasteiger partial charge is 0.489 e. The van der Waals surface area contributed by atoms with Gasteiger partial charge >= 0.3 is 13.9 Å². The molecule has 0 saturated carbocycles. The van der Waals surface area contributed by atoms with Crippen molar-refractivity contribution < 1.29 is 41.9 Å². The van der Waals surface area contributed by atoms with Crippen molar-refractivity contribution in [2.24, 2.45) is 0 Å². The van der Waals surface area contributed by atoms with Gasteiger partial charge in [-0.05, 0) is 86.6 Å². The summed E-state index contributed by atoms with van der Waals surface area (Å²) in [4.78, 5) is 11.6. The Balaban J connectivity index is 1.79. The zero-order valence-electron chi connectivity index (χ0n) is 27.0. The summed E-state index contributed by atoms with van der Waals surface area (Å²) in [5, 5.41) is 21.5. The molecule has 0 aliphatic rings. The normalized spacial score (nSPS) is 13.8. The first-order valence-corrected chi connectivity index (χ1v) is 17.3. The van der Waals surface area contributed by atoms with Gasteiger partial charge in [-0.15, -0.1) is 10.2 Å². The van der Waals surface area contributed by atoms with Gasteiger partial charge in [0.1, 0.15) is 22.4 Å². The van der Waals surface area contributed by atoms with Crippen LogP contribution >= 0.6 is 42.4 Å². The Morgan fingerprint density at radius 3 is 2.13 bits per heavy atom. The fraction of sp³-hybridized carbons (Fsp3) is 0.500. The molecule has 16 heteroatoms. The molecule has 0 spiro atoms. The SMILES string of the molecule is CC(C)Oc1ccc(-c2nnc(-c3cc(F)c(OC[C@@H](NC(=O)O)[C@@H](C)OP(=O)(OC(C)(C)C)OC(C)(C)C)cc3Cl)s2)cc1Cl. The van der Waals surface area contributed by atoms with Crippen molar-refractivity contribution in [3.05, 3.63) is 46.2 Å². The Morgan fingerprint density at radius 1 is 0.978 bits per heavy atom. The molecule has 0 aliphatic heterocycles. The average molecular weight is 723 g/mol. The van der Waals surface area contributed by atoms with Crippen LogP contribution in [-0.2, 0) is 18.1 Å². The van der Waals surface area contributed by atoms with E-state index in [1.807, 2.05) is 13.8 Å². The predicted octanol–water partition coefficient (Wildman–Crippen LogP) is 9.26. The second-order valence-corrected chi connectivity index (χ2v) is 15.8. The second-order valence-electron chi connectivity index (χ2n) is 12.5. The highest BCUT2D eigenvalue weighted by Gasteiger charge is 2.40. The first-order chi connectivity index (χ1) is 21.1. The maximum atomic E-state index is 15.3. The molecule has 2 N–H and O–H groups in total. The summed E-state index contributed by atoms with van der Waals surface area (Å²) >= 11 is 14.1. The molecule has 2 atom stereocenters. The monoisotopic (exact) mass is 721 g/mol. The van der Waals surface area contributed by atoms with E-state index in [-0.39, 0.29) is 22.4 Å². The molecule has 0 bridgehead atoms. The summed E-state index contributed by atoms with van der Waals surface area (Å²) in [5.41, 5.74) is -0.859. The molecule has 254 valence electrons. The maximum absolute atomic E-state index is 15.3. The van der Waals surface area contributed by atoms with Crippen LogP contribution in [0.1, 0.15) is 62.3 Å². The minimum absolute atomic E-state index is 0.0452. The van der Waals surface area contributed by atoms with Gasteiger partial charge in [0.15, 0.2) is 11.6 Å². The van der Waals surface area contributed by atoms with E-state index >= 15 is 4.39 Å². The van der Waals surface area contributed by atoms with Crippen molar-refractivity contribution >= 4 is 48.5 Å². The van der Waals surface area contributed by atoms with Crippen LogP contribution in [0.15, 0.2) is 30.3 Å². The van der Waals surface area contributed by atoms with E-state index in [1.54, 1.807) is 59.7 Å². The van der Waals surface area contributed by atoms with Gasteiger partial charge in [-0.25, -0.2) is 13.8 Å². The summed E-state index contributed by atoms with van der Waals surface area (Å²) in [6.07, 6.45) is -2.54. The van der Waals surface area contributed by atoms with Crippen molar-refractivity contribution in [3.8, 4) is 32.6 Å². The molecule has 1 aromatic heterocycles. The highest BCUT2D eigenvalue weighted by molar-refractivity contribution is 7.48. The fourth-order valence-corrected chi connectivity index (χ4v) is 7.29. The van der Waals surface area contributed by atoms with Crippen molar-refractivity contribution in [2.45, 2.75) is 91.8 Å². The minimum atomic E-state index is -4.21. The molecule has 0 aliphatic carbocycles. The van der Waals surface area contributed by atoms with Crippen LogP contribution in [0.3, 0.4) is 0 Å². The van der Waals surface area contributed by atoms with Crippen LogP contribution in [-0.4, -0.2) is 57.5 Å². The smallest absolute Gasteiger partial charge is 0.476 e. The summed E-state index contributed by atoms with van der Waals surface area (Å²) in [5.74, 6) is -0.497. The zero-order valence-corrected chi connectivity index (χ0v) is 30.2. The standard InChI is InChI=1S/C30H39Cl2FN3O8PS/c1-16(2)41-24-11-10-18(12-21(24)32)26-35-36-27(46-26)19-13-22(33)25(14-20(19)31)40-15-23(34-28(37)38)17(3)42-45(39,43-29(4,5)6)44-30(7,8)9/h10-14,16-17,23,34H,15H2,1-9H3,(H,37,38)/t17-,23-/m1/s1. The summed E-state index contributed by atoms with van der Waals surface area (Å²) in [6.45, 7) is 14.9. The zero-order chi connectivity index (χ0) is 34.6. The lowest BCUT2D eigenvalue weighted by molar-refractivity contribution is -0.0162. The topological polar surface area (TPSA) is 138 Å². The average Bonchev–Trinajstić information content (AvgIpc) is 3.36. The Hall–Kier alpha value is -2.51. The molecule has 1 amide bonds. The number of phosphoric acid groups is 1. The first-order valence-electron chi connectivity index (χ1n) is 14.3. The van der Waals surface area contributed by atoms with E-state index in [2.05, 4.69) is 15.5 Å². The van der Waals surface area contributed by atoms with Gasteiger partial charge in [0.25, 0.3) is 0 Å². The molecule has 11 nitrogen and oxygen atoms in total. The lowest BCUT2D eigenvalue weighted by atomic mass is 10.2. The third-order valence-corrected chi connectivity index (χ3v) is 9.33. The van der Waals surface area contributed by atoms with Gasteiger partial charge in [0.2, 0.25) is 0 Å². The van der Waals surface area contributed by atoms with Crippen molar-refractivity contribution in [1.82, 2.24) is 15.5 Å². The maximum Gasteiger partial charge on any atom is 0.476 e. The van der Waals surface area contributed by atoms with Crippen LogP contribution in [0, 0.1) is 5.82 Å². The number of rotatable bonds is 13. The number of phosphoric ester groups is 1. The molecule has 46 heavy (non-hydrogen) atoms. The molecule has 0 saturated heterocycles. The van der Waals surface area contributed by atoms with Gasteiger partial charge in [-0.3, -0.25) is 13.6 Å². The number of nitrogens with one attached hydrogen (secondary N) is 1. The number of hydrogen-bond acceptors (Lipinski definition) is 10. The molecular weight excluding hydrogens is 683 g/mol. The summed E-state index contributed by atoms with van der Waals surface area (Å²) < 4.78 is 57.1. The molecule has 0 radical (unpaired) electrons. The number of carbonyl (C=O) groups is 1. The quantitative estimate of drug-likeness (QED) is 0.164. The third-order valence-electron chi connectivity index (χ3n) is 5.58. The van der Waals surface area contributed by atoms with Gasteiger partial charge in [0, 0.05) is 17.2 Å².